The summed E-state index contributed by atoms with van der Waals surface area (Å²) in [6.45, 7) is 0. The summed E-state index contributed by atoms with van der Waals surface area (Å²) >= 11 is 0. The van der Waals surface area contributed by atoms with Crippen molar-refractivity contribution in [3.05, 3.63) is 65.9 Å². The molecule has 3 aromatic rings. The summed E-state index contributed by atoms with van der Waals surface area (Å²) in [4.78, 5) is 43.3. The van der Waals surface area contributed by atoms with E-state index in [1.54, 1.807) is 18.3 Å². The molecule has 2 aromatic carbocycles. The number of hydrogen-bond acceptors (Lipinski definition) is 4. The molecule has 0 radical (unpaired) electrons. The molecule has 0 aliphatic carbocycles. The first-order valence-corrected chi connectivity index (χ1v) is 8.84. The lowest BCUT2D eigenvalue weighted by Crippen LogP contribution is -2.58. The van der Waals surface area contributed by atoms with Gasteiger partial charge in [-0.3, -0.25) is 19.4 Å². The first-order valence-electron chi connectivity index (χ1n) is 8.84. The minimum atomic E-state index is -1.09. The van der Waals surface area contributed by atoms with Gasteiger partial charge in [0, 0.05) is 37.1 Å². The van der Waals surface area contributed by atoms with Gasteiger partial charge in [0.1, 0.15) is 11.7 Å². The van der Waals surface area contributed by atoms with Gasteiger partial charge in [-0.1, -0.05) is 30.3 Å². The van der Waals surface area contributed by atoms with Crippen molar-refractivity contribution in [3.63, 3.8) is 0 Å². The predicted octanol–water partition coefficient (Wildman–Crippen LogP) is 2.67. The molecular weight excluding hydrogens is 358 g/mol. The summed E-state index contributed by atoms with van der Waals surface area (Å²) < 4.78 is 0. The quantitative estimate of drug-likeness (QED) is 0.686. The van der Waals surface area contributed by atoms with Crippen LogP contribution in [0.15, 0.2) is 54.7 Å². The SMILES string of the molecule is CN1C(=O)C(C(c2ccc(O)cc2)c2c[nH]c3ccccc23)C(=O)N(C)C1=O. The number of carbonyl (C=O) groups excluding carboxylic acids is 3. The minimum absolute atomic E-state index is 0.0899. The molecule has 1 atom stereocenters. The summed E-state index contributed by atoms with van der Waals surface area (Å²) in [5.74, 6) is -2.70. The molecule has 2 heterocycles. The average molecular weight is 377 g/mol. The second kappa shape index (κ2) is 6.53. The lowest BCUT2D eigenvalue weighted by atomic mass is 9.78. The number of nitrogens with one attached hydrogen (secondary N) is 1. The number of aromatic nitrogens is 1. The predicted molar refractivity (Wildman–Crippen MR) is 103 cm³/mol. The zero-order valence-electron chi connectivity index (χ0n) is 15.4. The molecule has 1 unspecified atom stereocenters. The second-order valence-electron chi connectivity index (χ2n) is 6.91. The number of phenolic OH excluding ortho intramolecular Hbond substituents is 1. The summed E-state index contributed by atoms with van der Waals surface area (Å²) in [5, 5.41) is 10.6. The summed E-state index contributed by atoms with van der Waals surface area (Å²) in [6.07, 6.45) is 1.79. The van der Waals surface area contributed by atoms with Crippen molar-refractivity contribution >= 4 is 28.7 Å². The molecule has 1 aliphatic heterocycles. The number of benzene rings is 2. The Morgan fingerprint density at radius 3 is 2.18 bits per heavy atom. The van der Waals surface area contributed by atoms with E-state index in [1.165, 1.54) is 26.2 Å². The third-order valence-electron chi connectivity index (χ3n) is 5.31. The molecule has 4 rings (SSSR count). The van der Waals surface area contributed by atoms with Gasteiger partial charge in [0.05, 0.1) is 0 Å². The van der Waals surface area contributed by atoms with E-state index in [0.29, 0.717) is 5.56 Å². The Labute approximate surface area is 161 Å². The highest BCUT2D eigenvalue weighted by molar-refractivity contribution is 6.16. The van der Waals surface area contributed by atoms with E-state index in [2.05, 4.69) is 4.98 Å². The van der Waals surface area contributed by atoms with Crippen molar-refractivity contribution in [2.24, 2.45) is 5.92 Å². The van der Waals surface area contributed by atoms with Crippen molar-refractivity contribution in [2.75, 3.05) is 14.1 Å². The van der Waals surface area contributed by atoms with Crippen molar-refractivity contribution < 1.29 is 19.5 Å². The number of barbiturate groups is 1. The Morgan fingerprint density at radius 1 is 0.929 bits per heavy atom. The standard InChI is InChI=1S/C21H19N3O4/c1-23-19(26)18(20(27)24(2)21(23)28)17(12-7-9-13(25)10-8-12)15-11-22-16-6-4-3-5-14(15)16/h3-11,17-18,22,25H,1-2H3. The fourth-order valence-corrected chi connectivity index (χ4v) is 3.81. The number of amides is 4. The van der Waals surface area contributed by atoms with Crippen LogP contribution >= 0.6 is 0 Å². The molecule has 0 saturated carbocycles. The minimum Gasteiger partial charge on any atom is -0.508 e. The van der Waals surface area contributed by atoms with Crippen LogP contribution in [0.1, 0.15) is 17.0 Å². The number of urea groups is 1. The lowest BCUT2D eigenvalue weighted by Gasteiger charge is -2.36. The molecule has 2 N–H and O–H groups in total. The van der Waals surface area contributed by atoms with Crippen LogP contribution in [-0.4, -0.2) is 51.8 Å². The van der Waals surface area contributed by atoms with Gasteiger partial charge >= 0.3 is 6.03 Å². The van der Waals surface area contributed by atoms with Crippen LogP contribution in [0.5, 0.6) is 5.75 Å². The maximum Gasteiger partial charge on any atom is 0.332 e. The van der Waals surface area contributed by atoms with Gasteiger partial charge < -0.3 is 10.1 Å². The van der Waals surface area contributed by atoms with Crippen LogP contribution in [0.3, 0.4) is 0 Å². The Kier molecular flexibility index (Phi) is 4.15. The number of phenols is 1. The van der Waals surface area contributed by atoms with E-state index in [-0.39, 0.29) is 5.75 Å². The number of hydrogen-bond donors (Lipinski definition) is 2. The number of fused-ring (bicyclic) bond motifs is 1. The third kappa shape index (κ3) is 2.63. The van der Waals surface area contributed by atoms with E-state index < -0.39 is 29.7 Å². The van der Waals surface area contributed by atoms with E-state index >= 15 is 0 Å². The highest BCUT2D eigenvalue weighted by Gasteiger charge is 2.47. The van der Waals surface area contributed by atoms with E-state index in [9.17, 15) is 19.5 Å². The second-order valence-corrected chi connectivity index (χ2v) is 6.91. The Balaban J connectivity index is 1.93. The zero-order valence-corrected chi connectivity index (χ0v) is 15.4. The Hall–Kier alpha value is -3.61. The third-order valence-corrected chi connectivity index (χ3v) is 5.31. The molecule has 142 valence electrons. The molecule has 0 bridgehead atoms. The van der Waals surface area contributed by atoms with Crippen LogP contribution in [0.25, 0.3) is 10.9 Å². The van der Waals surface area contributed by atoms with Gasteiger partial charge in [-0.2, -0.15) is 0 Å². The normalized spacial score (nSPS) is 16.9. The Bertz CT molecular complexity index is 1060. The summed E-state index contributed by atoms with van der Waals surface area (Å²) in [5.41, 5.74) is 2.37. The molecule has 7 heteroatoms. The van der Waals surface area contributed by atoms with Crippen LogP contribution in [-0.2, 0) is 9.59 Å². The fraction of sp³-hybridized carbons (Fsp3) is 0.190. The van der Waals surface area contributed by atoms with Gasteiger partial charge in [0.2, 0.25) is 11.8 Å². The monoisotopic (exact) mass is 377 g/mol. The van der Waals surface area contributed by atoms with E-state index in [4.69, 9.17) is 0 Å². The van der Waals surface area contributed by atoms with Crippen LogP contribution in [0, 0.1) is 5.92 Å². The molecule has 1 saturated heterocycles. The highest BCUT2D eigenvalue weighted by Crippen LogP contribution is 2.39. The smallest absolute Gasteiger partial charge is 0.332 e. The lowest BCUT2D eigenvalue weighted by molar-refractivity contribution is -0.148. The Morgan fingerprint density at radius 2 is 1.54 bits per heavy atom. The fourth-order valence-electron chi connectivity index (χ4n) is 3.81. The van der Waals surface area contributed by atoms with Crippen LogP contribution in [0.4, 0.5) is 4.79 Å². The molecule has 7 nitrogen and oxygen atoms in total. The van der Waals surface area contributed by atoms with Crippen molar-refractivity contribution in [3.8, 4) is 5.75 Å². The number of H-pyrrole nitrogens is 1. The summed E-state index contributed by atoms with van der Waals surface area (Å²) in [7, 11) is 2.76. The topological polar surface area (TPSA) is 93.7 Å². The molecular formula is C21H19N3O4. The molecule has 4 amide bonds. The van der Waals surface area contributed by atoms with E-state index in [1.807, 2.05) is 24.3 Å². The van der Waals surface area contributed by atoms with Gasteiger partial charge in [0.25, 0.3) is 0 Å². The van der Waals surface area contributed by atoms with Gasteiger partial charge in [-0.25, -0.2) is 4.79 Å². The van der Waals surface area contributed by atoms with Crippen LogP contribution in [0.2, 0.25) is 0 Å². The summed E-state index contributed by atoms with van der Waals surface area (Å²) in [6, 6.07) is 13.4. The molecule has 0 spiro atoms. The molecule has 1 aliphatic rings. The van der Waals surface area contributed by atoms with Crippen molar-refractivity contribution in [2.45, 2.75) is 5.92 Å². The first kappa shape index (κ1) is 17.8. The number of rotatable bonds is 3. The molecule has 1 aromatic heterocycles. The molecule has 1 fully saturated rings. The van der Waals surface area contributed by atoms with Crippen LogP contribution < -0.4 is 0 Å². The van der Waals surface area contributed by atoms with Crippen molar-refractivity contribution in [1.82, 2.24) is 14.8 Å². The first-order chi connectivity index (χ1) is 13.4. The van der Waals surface area contributed by atoms with Gasteiger partial charge in [-0.15, -0.1) is 0 Å². The number of carbonyl (C=O) groups is 3. The van der Waals surface area contributed by atoms with E-state index in [0.717, 1.165) is 26.3 Å². The zero-order chi connectivity index (χ0) is 20.0. The molecule has 28 heavy (non-hydrogen) atoms. The van der Waals surface area contributed by atoms with Gasteiger partial charge in [0.15, 0.2) is 0 Å². The number of imide groups is 2. The average Bonchev–Trinajstić information content (AvgIpc) is 3.13. The maximum absolute atomic E-state index is 13.0. The maximum atomic E-state index is 13.0. The number of aromatic hydroxyl groups is 1. The number of aromatic amines is 1. The number of para-hydroxylation sites is 1. The van der Waals surface area contributed by atoms with Gasteiger partial charge in [-0.05, 0) is 29.3 Å². The number of nitrogens with zero attached hydrogens (tertiary/aromatic N) is 2. The largest absolute Gasteiger partial charge is 0.508 e. The van der Waals surface area contributed by atoms with Crippen molar-refractivity contribution in [1.29, 1.82) is 0 Å². The highest BCUT2D eigenvalue weighted by atomic mass is 16.3.